The van der Waals surface area contributed by atoms with E-state index in [2.05, 4.69) is 38.7 Å². The van der Waals surface area contributed by atoms with E-state index in [1.807, 2.05) is 25.8 Å². The molecule has 0 radical (unpaired) electrons. The van der Waals surface area contributed by atoms with Crippen LogP contribution >= 0.6 is 11.6 Å². The molecule has 43 heavy (non-hydrogen) atoms. The topological polar surface area (TPSA) is 65.8 Å². The summed E-state index contributed by atoms with van der Waals surface area (Å²) in [5, 5.41) is 7.07. The Morgan fingerprint density at radius 3 is 2.49 bits per heavy atom. The minimum atomic E-state index is -4.56. The van der Waals surface area contributed by atoms with E-state index in [9.17, 15) is 18.0 Å². The standard InChI is InChI=1S/C30H30ClF3N6O.C2H6/c1-5-21(16-22(20(2)3)7-9-25-18-35-28-11-10-27(31)37-40(25)28)29(41)36-24-8-6-23(26(17-24)30(32,33)34)19-39-14-12-38(4)13-15-39;1-2/h5-6,8,10-11,16-18H,2,12-15,19H2,1,3-4H3,(H,36,41);1-2H3/b21-5+,22-16-;. The van der Waals surface area contributed by atoms with Crippen LogP contribution < -0.4 is 5.32 Å². The van der Waals surface area contributed by atoms with Crippen LogP contribution in [0.25, 0.3) is 5.65 Å². The van der Waals surface area contributed by atoms with Crippen LogP contribution in [0.1, 0.15) is 44.5 Å². The molecule has 3 heterocycles. The first-order valence-corrected chi connectivity index (χ1v) is 14.3. The summed E-state index contributed by atoms with van der Waals surface area (Å²) in [7, 11) is 1.99. The summed E-state index contributed by atoms with van der Waals surface area (Å²) in [5.41, 5.74) is 1.79. The monoisotopic (exact) mass is 612 g/mol. The smallest absolute Gasteiger partial charge is 0.322 e. The van der Waals surface area contributed by atoms with Gasteiger partial charge in [0.15, 0.2) is 5.65 Å². The van der Waals surface area contributed by atoms with Crippen molar-refractivity contribution in [2.24, 2.45) is 0 Å². The molecular formula is C32H36ClF3N6O. The zero-order valence-corrected chi connectivity index (χ0v) is 25.8. The normalized spacial score (nSPS) is 14.9. The van der Waals surface area contributed by atoms with Crippen molar-refractivity contribution < 1.29 is 18.0 Å². The molecule has 11 heteroatoms. The van der Waals surface area contributed by atoms with Gasteiger partial charge < -0.3 is 10.2 Å². The largest absolute Gasteiger partial charge is 0.416 e. The van der Waals surface area contributed by atoms with E-state index in [0.717, 1.165) is 19.2 Å². The molecule has 1 saturated heterocycles. The first kappa shape index (κ1) is 33.6. The van der Waals surface area contributed by atoms with Crippen LogP contribution in [-0.4, -0.2) is 63.5 Å². The maximum atomic E-state index is 14.0. The Balaban J connectivity index is 0.00000248. The van der Waals surface area contributed by atoms with E-state index < -0.39 is 17.6 Å². The minimum absolute atomic E-state index is 0.0499. The predicted molar refractivity (Wildman–Crippen MR) is 166 cm³/mol. The zero-order valence-electron chi connectivity index (χ0n) is 25.0. The molecule has 1 amide bonds. The number of hydrogen-bond donors (Lipinski definition) is 1. The molecule has 0 aliphatic carbocycles. The number of aromatic nitrogens is 3. The molecule has 2 aromatic heterocycles. The number of allylic oxidation sites excluding steroid dienone is 3. The van der Waals surface area contributed by atoms with Gasteiger partial charge in [-0.1, -0.05) is 50.1 Å². The second-order valence-electron chi connectivity index (χ2n) is 9.81. The average Bonchev–Trinajstić information content (AvgIpc) is 3.37. The van der Waals surface area contributed by atoms with Crippen LogP contribution in [0.3, 0.4) is 0 Å². The molecule has 3 aromatic rings. The van der Waals surface area contributed by atoms with Gasteiger partial charge >= 0.3 is 6.18 Å². The van der Waals surface area contributed by atoms with Gasteiger partial charge in [-0.15, -0.1) is 0 Å². The van der Waals surface area contributed by atoms with Gasteiger partial charge in [0.25, 0.3) is 5.91 Å². The number of hydrogen-bond acceptors (Lipinski definition) is 5. The lowest BCUT2D eigenvalue weighted by atomic mass is 10.0. The summed E-state index contributed by atoms with van der Waals surface area (Å²) in [5.74, 6) is 5.38. The molecule has 0 unspecified atom stereocenters. The van der Waals surface area contributed by atoms with Gasteiger partial charge in [-0.05, 0) is 68.3 Å². The van der Waals surface area contributed by atoms with Gasteiger partial charge in [0.05, 0.1) is 11.8 Å². The summed E-state index contributed by atoms with van der Waals surface area (Å²) in [4.78, 5) is 21.5. The lowest BCUT2D eigenvalue weighted by Gasteiger charge is -2.33. The molecule has 1 N–H and O–H groups in total. The van der Waals surface area contributed by atoms with Crippen LogP contribution in [0.2, 0.25) is 5.15 Å². The quantitative estimate of drug-likeness (QED) is 0.193. The van der Waals surface area contributed by atoms with Gasteiger partial charge in [-0.2, -0.15) is 18.3 Å². The highest BCUT2D eigenvalue weighted by atomic mass is 35.5. The molecule has 4 rings (SSSR count). The van der Waals surface area contributed by atoms with Gasteiger partial charge in [0.2, 0.25) is 0 Å². The van der Waals surface area contributed by atoms with Crippen LogP contribution in [0.15, 0.2) is 72.0 Å². The van der Waals surface area contributed by atoms with Crippen LogP contribution in [-0.2, 0) is 17.5 Å². The highest BCUT2D eigenvalue weighted by Gasteiger charge is 2.34. The number of likely N-dealkylation sites (N-methyl/N-ethyl adjacent to an activating group) is 1. The Kier molecular flexibility index (Phi) is 11.7. The molecule has 1 aliphatic heterocycles. The van der Waals surface area contributed by atoms with E-state index in [4.69, 9.17) is 11.6 Å². The number of nitrogens with one attached hydrogen (secondary N) is 1. The van der Waals surface area contributed by atoms with Gasteiger partial charge in [0.1, 0.15) is 10.8 Å². The molecule has 1 fully saturated rings. The lowest BCUT2D eigenvalue weighted by molar-refractivity contribution is -0.138. The van der Waals surface area contributed by atoms with Crippen molar-refractivity contribution in [1.29, 1.82) is 0 Å². The maximum Gasteiger partial charge on any atom is 0.416 e. The van der Waals surface area contributed by atoms with Crippen molar-refractivity contribution >= 4 is 28.8 Å². The van der Waals surface area contributed by atoms with Crippen molar-refractivity contribution in [2.75, 3.05) is 38.5 Å². The SMILES string of the molecule is C=C(C)/C(C#Cc1cnc2ccc(Cl)nn12)=C\C(=C/C)C(=O)Nc1ccc(CN2CCN(C)CC2)c(C(F)(F)F)c1.CC. The van der Waals surface area contributed by atoms with Gasteiger partial charge in [-0.3, -0.25) is 9.69 Å². The molecule has 0 bridgehead atoms. The number of carbonyl (C=O) groups is 1. The number of amides is 1. The molecular weight excluding hydrogens is 577 g/mol. The highest BCUT2D eigenvalue weighted by molar-refractivity contribution is 6.29. The van der Waals surface area contributed by atoms with E-state index >= 15 is 0 Å². The zero-order chi connectivity index (χ0) is 31.7. The number of nitrogens with zero attached hydrogens (tertiary/aromatic N) is 5. The van der Waals surface area contributed by atoms with Crippen molar-refractivity contribution in [2.45, 2.75) is 40.4 Å². The molecule has 0 spiro atoms. The van der Waals surface area contributed by atoms with E-state index in [0.29, 0.717) is 35.6 Å². The molecule has 228 valence electrons. The molecule has 1 aromatic carbocycles. The third-order valence-corrected chi connectivity index (χ3v) is 6.85. The lowest BCUT2D eigenvalue weighted by Crippen LogP contribution is -2.44. The Morgan fingerprint density at radius 1 is 1.16 bits per heavy atom. The van der Waals surface area contributed by atoms with E-state index in [1.54, 1.807) is 44.3 Å². The van der Waals surface area contributed by atoms with Crippen molar-refractivity contribution in [1.82, 2.24) is 24.4 Å². The number of anilines is 1. The number of imidazole rings is 1. The van der Waals surface area contributed by atoms with Crippen molar-refractivity contribution in [3.63, 3.8) is 0 Å². The summed E-state index contributed by atoms with van der Waals surface area (Å²) in [6.45, 7) is 14.5. The second-order valence-corrected chi connectivity index (χ2v) is 10.2. The fraction of sp³-hybridized carbons (Fsp3) is 0.344. The predicted octanol–water partition coefficient (Wildman–Crippen LogP) is 6.61. The second kappa shape index (κ2) is 15.0. The summed E-state index contributed by atoms with van der Waals surface area (Å²) in [6.07, 6.45) is 0.0881. The summed E-state index contributed by atoms with van der Waals surface area (Å²) >= 11 is 5.99. The Morgan fingerprint density at radius 2 is 1.86 bits per heavy atom. The minimum Gasteiger partial charge on any atom is -0.322 e. The van der Waals surface area contributed by atoms with E-state index in [1.165, 1.54) is 16.6 Å². The number of rotatable bonds is 6. The Labute approximate surface area is 255 Å². The third-order valence-electron chi connectivity index (χ3n) is 6.65. The van der Waals surface area contributed by atoms with Gasteiger partial charge in [-0.25, -0.2) is 9.50 Å². The van der Waals surface area contributed by atoms with Crippen LogP contribution in [0, 0.1) is 11.8 Å². The molecule has 0 saturated carbocycles. The summed E-state index contributed by atoms with van der Waals surface area (Å²) < 4.78 is 43.5. The van der Waals surface area contributed by atoms with Crippen molar-refractivity contribution in [3.05, 3.63) is 94.0 Å². The number of piperazine rings is 1. The Bertz CT molecular complexity index is 1590. The fourth-order valence-corrected chi connectivity index (χ4v) is 4.41. The molecule has 7 nitrogen and oxygen atoms in total. The first-order valence-electron chi connectivity index (χ1n) is 13.9. The number of fused-ring (bicyclic) bond motifs is 1. The fourth-order valence-electron chi connectivity index (χ4n) is 4.28. The summed E-state index contributed by atoms with van der Waals surface area (Å²) in [6, 6.07) is 7.25. The van der Waals surface area contributed by atoms with Crippen LogP contribution in [0.4, 0.5) is 18.9 Å². The third kappa shape index (κ3) is 9.04. The van der Waals surface area contributed by atoms with Crippen molar-refractivity contribution in [3.8, 4) is 11.8 Å². The molecule has 1 aliphatic rings. The first-order chi connectivity index (χ1) is 20.4. The Hall–Kier alpha value is -3.91. The number of alkyl halides is 3. The average molecular weight is 613 g/mol. The maximum absolute atomic E-state index is 14.0. The van der Waals surface area contributed by atoms with Gasteiger partial charge in [0, 0.05) is 49.6 Å². The number of benzene rings is 1. The van der Waals surface area contributed by atoms with E-state index in [-0.39, 0.29) is 28.5 Å². The highest BCUT2D eigenvalue weighted by Crippen LogP contribution is 2.34. The molecule has 0 atom stereocenters. The number of carbonyl (C=O) groups excluding carboxylic acids is 1. The van der Waals surface area contributed by atoms with Crippen LogP contribution in [0.5, 0.6) is 0 Å². The number of halogens is 4.